The van der Waals surface area contributed by atoms with Crippen LogP contribution in [0.15, 0.2) is 67.3 Å². The molecule has 158 valence electrons. The van der Waals surface area contributed by atoms with Crippen molar-refractivity contribution in [3.05, 3.63) is 88.4 Å². The van der Waals surface area contributed by atoms with E-state index in [1.807, 2.05) is 42.1 Å². The molecule has 1 N–H and O–H groups in total. The van der Waals surface area contributed by atoms with Gasteiger partial charge in [0.2, 0.25) is 0 Å². The zero-order valence-corrected chi connectivity index (χ0v) is 18.9. The van der Waals surface area contributed by atoms with Crippen molar-refractivity contribution in [3.63, 3.8) is 0 Å². The third-order valence-electron chi connectivity index (χ3n) is 5.42. The van der Waals surface area contributed by atoms with Crippen LogP contribution in [0, 0.1) is 6.92 Å². The van der Waals surface area contributed by atoms with Crippen LogP contribution in [-0.4, -0.2) is 24.1 Å². The maximum Gasteiger partial charge on any atom is 0.137 e. The molecule has 5 heterocycles. The maximum atomic E-state index is 6.12. The number of nitrogens with one attached hydrogen (secondary N) is 1. The summed E-state index contributed by atoms with van der Waals surface area (Å²) in [6, 6.07) is 14.3. The van der Waals surface area contributed by atoms with Gasteiger partial charge < -0.3 is 9.72 Å². The Bertz CT molecular complexity index is 1590. The first-order valence-electron chi connectivity index (χ1n) is 10.3. The molecule has 0 unspecified atom stereocenters. The van der Waals surface area contributed by atoms with Crippen molar-refractivity contribution in [1.82, 2.24) is 24.1 Å². The van der Waals surface area contributed by atoms with Crippen LogP contribution in [0.1, 0.15) is 16.1 Å². The summed E-state index contributed by atoms with van der Waals surface area (Å²) in [5.74, 6) is 0.838. The second-order valence-electron chi connectivity index (χ2n) is 7.85. The highest BCUT2D eigenvalue weighted by Crippen LogP contribution is 2.29. The minimum Gasteiger partial charge on any atom is -0.365 e. The van der Waals surface area contributed by atoms with Gasteiger partial charge in [-0.3, -0.25) is 4.68 Å². The summed E-state index contributed by atoms with van der Waals surface area (Å²) in [6.45, 7) is 3.38. The molecule has 6 nitrogen and oxygen atoms in total. The Kier molecular flexibility index (Phi) is 4.59. The first-order valence-corrected chi connectivity index (χ1v) is 11.5. The predicted octanol–water partition coefficient (Wildman–Crippen LogP) is 5.92. The fourth-order valence-corrected chi connectivity index (χ4v) is 5.15. The van der Waals surface area contributed by atoms with Gasteiger partial charge in [0, 0.05) is 39.4 Å². The number of anilines is 1. The number of nitrogens with zero attached hydrogens (tertiary/aromatic N) is 5. The number of imidazole rings is 1. The number of aromatic nitrogens is 5. The topological polar surface area (TPSA) is 60.0 Å². The lowest BCUT2D eigenvalue weighted by Gasteiger charge is -2.04. The Hall–Kier alpha value is -3.42. The average Bonchev–Trinajstić information content (AvgIpc) is 3.46. The summed E-state index contributed by atoms with van der Waals surface area (Å²) in [5.41, 5.74) is 4.05. The smallest absolute Gasteiger partial charge is 0.137 e. The van der Waals surface area contributed by atoms with E-state index in [2.05, 4.69) is 50.3 Å². The number of pyridine rings is 2. The van der Waals surface area contributed by atoms with Crippen LogP contribution in [0.4, 0.5) is 5.82 Å². The molecule has 6 rings (SSSR count). The average molecular weight is 459 g/mol. The molecule has 0 aliphatic carbocycles. The second-order valence-corrected chi connectivity index (χ2v) is 9.46. The highest BCUT2D eigenvalue weighted by atomic mass is 35.5. The highest BCUT2D eigenvalue weighted by Gasteiger charge is 2.09. The Morgan fingerprint density at radius 1 is 1.06 bits per heavy atom. The Morgan fingerprint density at radius 2 is 2.00 bits per heavy atom. The second kappa shape index (κ2) is 7.62. The van der Waals surface area contributed by atoms with E-state index >= 15 is 0 Å². The number of hydrogen-bond donors (Lipinski definition) is 1. The first kappa shape index (κ1) is 19.3. The van der Waals surface area contributed by atoms with Gasteiger partial charge in [-0.2, -0.15) is 5.10 Å². The number of rotatable bonds is 5. The number of fused-ring (bicyclic) bond motifs is 3. The Balaban J connectivity index is 1.25. The van der Waals surface area contributed by atoms with E-state index in [1.54, 1.807) is 17.5 Å². The minimum absolute atomic E-state index is 0.679. The molecule has 0 saturated carbocycles. The van der Waals surface area contributed by atoms with E-state index in [4.69, 9.17) is 16.7 Å². The van der Waals surface area contributed by atoms with Crippen LogP contribution in [0.2, 0.25) is 5.02 Å². The monoisotopic (exact) mass is 458 g/mol. The number of benzene rings is 1. The summed E-state index contributed by atoms with van der Waals surface area (Å²) in [5, 5.41) is 11.2. The zero-order chi connectivity index (χ0) is 21.7. The summed E-state index contributed by atoms with van der Waals surface area (Å²) in [6.07, 6.45) is 7.99. The summed E-state index contributed by atoms with van der Waals surface area (Å²) in [4.78, 5) is 10.3. The van der Waals surface area contributed by atoms with Gasteiger partial charge in [-0.1, -0.05) is 17.7 Å². The van der Waals surface area contributed by atoms with Gasteiger partial charge in [0.05, 0.1) is 29.7 Å². The molecule has 0 radical (unpaired) electrons. The predicted molar refractivity (Wildman–Crippen MR) is 131 cm³/mol. The fraction of sp³-hybridized carbons (Fsp3) is 0.125. The molecular weight excluding hydrogens is 440 g/mol. The number of halogens is 1. The van der Waals surface area contributed by atoms with Crippen molar-refractivity contribution >= 4 is 55.4 Å². The number of aryl methyl sites for hydroxylation is 1. The molecule has 5 aromatic heterocycles. The van der Waals surface area contributed by atoms with Gasteiger partial charge in [0.1, 0.15) is 11.5 Å². The van der Waals surface area contributed by atoms with Crippen molar-refractivity contribution < 1.29 is 0 Å². The Labute approximate surface area is 193 Å². The van der Waals surface area contributed by atoms with Crippen LogP contribution >= 0.6 is 22.9 Å². The van der Waals surface area contributed by atoms with Crippen LogP contribution in [0.25, 0.3) is 26.6 Å². The molecule has 8 heteroatoms. The molecule has 6 aromatic rings. The van der Waals surface area contributed by atoms with Gasteiger partial charge in [-0.15, -0.1) is 11.3 Å². The van der Waals surface area contributed by atoms with Crippen molar-refractivity contribution in [2.75, 3.05) is 5.32 Å². The quantitative estimate of drug-likeness (QED) is 0.348. The molecule has 0 amide bonds. The maximum absolute atomic E-state index is 6.12. The lowest BCUT2D eigenvalue weighted by atomic mass is 10.2. The summed E-state index contributed by atoms with van der Waals surface area (Å²) in [7, 11) is 0. The largest absolute Gasteiger partial charge is 0.365 e. The summed E-state index contributed by atoms with van der Waals surface area (Å²) < 4.78 is 5.25. The standard InChI is InChI=1S/C24H19ClN6S/c1-15-11-30-12-16(2-5-23(30)28-15)13-31-14-20-21(29-31)6-7-26-24(20)27-10-19-9-17-8-18(25)3-4-22(17)32-19/h2-9,11-12,14H,10,13H2,1H3,(H,26,27). The molecule has 0 saturated heterocycles. The summed E-state index contributed by atoms with van der Waals surface area (Å²) >= 11 is 7.88. The molecule has 0 fully saturated rings. The van der Waals surface area contributed by atoms with Crippen LogP contribution in [-0.2, 0) is 13.1 Å². The molecule has 0 aliphatic heterocycles. The van der Waals surface area contributed by atoms with Gasteiger partial charge in [0.15, 0.2) is 0 Å². The van der Waals surface area contributed by atoms with Gasteiger partial charge in [0.25, 0.3) is 0 Å². The third-order valence-corrected chi connectivity index (χ3v) is 6.77. The minimum atomic E-state index is 0.679. The SMILES string of the molecule is Cc1cn2cc(Cn3cc4c(NCc5cc6cc(Cl)ccc6s5)nccc4n3)ccc2n1. The van der Waals surface area contributed by atoms with E-state index in [-0.39, 0.29) is 0 Å². The molecule has 1 aromatic carbocycles. The number of hydrogen-bond acceptors (Lipinski definition) is 5. The first-order chi connectivity index (χ1) is 15.6. The Morgan fingerprint density at radius 3 is 2.94 bits per heavy atom. The van der Waals surface area contributed by atoms with Crippen LogP contribution in [0.3, 0.4) is 0 Å². The van der Waals surface area contributed by atoms with Crippen molar-refractivity contribution in [3.8, 4) is 0 Å². The third kappa shape index (κ3) is 3.59. The van der Waals surface area contributed by atoms with Crippen LogP contribution in [0.5, 0.6) is 0 Å². The molecule has 32 heavy (non-hydrogen) atoms. The van der Waals surface area contributed by atoms with Gasteiger partial charge in [-0.05, 0) is 54.3 Å². The normalized spacial score (nSPS) is 11.7. The molecule has 0 spiro atoms. The van der Waals surface area contributed by atoms with E-state index < -0.39 is 0 Å². The number of thiophene rings is 1. The van der Waals surface area contributed by atoms with E-state index in [9.17, 15) is 0 Å². The lowest BCUT2D eigenvalue weighted by Crippen LogP contribution is -2.01. The van der Waals surface area contributed by atoms with Gasteiger partial charge >= 0.3 is 0 Å². The van der Waals surface area contributed by atoms with Gasteiger partial charge in [-0.25, -0.2) is 9.97 Å². The lowest BCUT2D eigenvalue weighted by molar-refractivity contribution is 0.693. The van der Waals surface area contributed by atoms with Crippen molar-refractivity contribution in [2.45, 2.75) is 20.0 Å². The van der Waals surface area contributed by atoms with E-state index in [0.717, 1.165) is 38.6 Å². The van der Waals surface area contributed by atoms with Crippen molar-refractivity contribution in [1.29, 1.82) is 0 Å². The van der Waals surface area contributed by atoms with Crippen LogP contribution < -0.4 is 5.32 Å². The van der Waals surface area contributed by atoms with E-state index in [1.165, 1.54) is 15.0 Å². The molecule has 0 aliphatic rings. The fourth-order valence-electron chi connectivity index (χ4n) is 3.99. The van der Waals surface area contributed by atoms with E-state index in [0.29, 0.717) is 13.1 Å². The molecule has 0 atom stereocenters. The van der Waals surface area contributed by atoms with Crippen molar-refractivity contribution in [2.24, 2.45) is 0 Å². The molecule has 0 bridgehead atoms. The zero-order valence-electron chi connectivity index (χ0n) is 17.3. The molecular formula is C24H19ClN6S. The highest BCUT2D eigenvalue weighted by molar-refractivity contribution is 7.19.